The van der Waals surface area contributed by atoms with Crippen LogP contribution in [0.15, 0.2) is 30.3 Å². The third kappa shape index (κ3) is 1.71. The lowest BCUT2D eigenvalue weighted by atomic mass is 9.86. The van der Waals surface area contributed by atoms with Gasteiger partial charge in [0.05, 0.1) is 12.0 Å². The average molecular weight is 216 g/mol. The molecular weight excluding hydrogens is 200 g/mol. The molecule has 1 aromatic carbocycles. The molecule has 1 atom stereocenters. The van der Waals surface area contributed by atoms with E-state index in [-0.39, 0.29) is 11.4 Å². The summed E-state index contributed by atoms with van der Waals surface area (Å²) in [5.74, 6) is 0.210. The number of hydrogen-bond acceptors (Lipinski definition) is 2. The van der Waals surface area contributed by atoms with E-state index in [0.29, 0.717) is 0 Å². The van der Waals surface area contributed by atoms with Crippen molar-refractivity contribution < 1.29 is 4.79 Å². The highest BCUT2D eigenvalue weighted by Crippen LogP contribution is 2.31. The van der Waals surface area contributed by atoms with Crippen molar-refractivity contribution >= 4 is 5.91 Å². The molecule has 3 nitrogen and oxygen atoms in total. The fourth-order valence-corrected chi connectivity index (χ4v) is 2.77. The summed E-state index contributed by atoms with van der Waals surface area (Å²) in [6.45, 7) is 3.10. The third-order valence-electron chi connectivity index (χ3n) is 3.59. The number of carbonyl (C=O) groups is 1. The molecule has 2 heterocycles. The van der Waals surface area contributed by atoms with Crippen molar-refractivity contribution in [2.24, 2.45) is 0 Å². The Kier molecular flexibility index (Phi) is 2.21. The number of rotatable bonds is 2. The maximum Gasteiger partial charge on any atom is 0.222 e. The smallest absolute Gasteiger partial charge is 0.222 e. The molecule has 84 valence electrons. The van der Waals surface area contributed by atoms with E-state index < -0.39 is 0 Å². The van der Waals surface area contributed by atoms with Gasteiger partial charge in [0.2, 0.25) is 5.91 Å². The van der Waals surface area contributed by atoms with Gasteiger partial charge in [-0.15, -0.1) is 0 Å². The van der Waals surface area contributed by atoms with Crippen molar-refractivity contribution in [1.82, 2.24) is 10.2 Å². The molecule has 0 aliphatic carbocycles. The highest BCUT2D eigenvalue weighted by Gasteiger charge is 2.47. The van der Waals surface area contributed by atoms with Crippen molar-refractivity contribution in [2.75, 3.05) is 13.1 Å². The molecule has 2 aliphatic rings. The second-order valence-corrected chi connectivity index (χ2v) is 4.95. The first-order valence-electron chi connectivity index (χ1n) is 5.83. The van der Waals surface area contributed by atoms with E-state index in [1.54, 1.807) is 0 Å². The van der Waals surface area contributed by atoms with E-state index in [2.05, 4.69) is 34.5 Å². The number of likely N-dealkylation sites (tertiary alicyclic amines) is 1. The van der Waals surface area contributed by atoms with Gasteiger partial charge in [-0.2, -0.15) is 0 Å². The minimum atomic E-state index is 0.117. The van der Waals surface area contributed by atoms with Crippen molar-refractivity contribution in [3.63, 3.8) is 0 Å². The molecular formula is C13H16N2O. The van der Waals surface area contributed by atoms with Gasteiger partial charge in [0, 0.05) is 19.6 Å². The zero-order chi connectivity index (χ0) is 11.0. The monoisotopic (exact) mass is 216 g/mol. The van der Waals surface area contributed by atoms with Gasteiger partial charge in [0.15, 0.2) is 0 Å². The van der Waals surface area contributed by atoms with E-state index in [1.165, 1.54) is 5.56 Å². The molecule has 1 N–H and O–H groups in total. The molecule has 2 aliphatic heterocycles. The van der Waals surface area contributed by atoms with Gasteiger partial charge in [-0.05, 0) is 12.0 Å². The van der Waals surface area contributed by atoms with E-state index in [9.17, 15) is 4.79 Å². The molecule has 16 heavy (non-hydrogen) atoms. The molecule has 0 unspecified atom stereocenters. The lowest BCUT2D eigenvalue weighted by molar-refractivity contribution is -0.132. The fraction of sp³-hybridized carbons (Fsp3) is 0.462. The molecule has 0 radical (unpaired) electrons. The third-order valence-corrected chi connectivity index (χ3v) is 3.59. The average Bonchev–Trinajstić information content (AvgIpc) is 2.63. The second-order valence-electron chi connectivity index (χ2n) is 4.95. The summed E-state index contributed by atoms with van der Waals surface area (Å²) in [6, 6.07) is 10.5. The van der Waals surface area contributed by atoms with Crippen LogP contribution in [-0.2, 0) is 11.3 Å². The maximum absolute atomic E-state index is 11.0. The van der Waals surface area contributed by atoms with Gasteiger partial charge >= 0.3 is 0 Å². The van der Waals surface area contributed by atoms with Crippen LogP contribution in [0, 0.1) is 0 Å². The molecule has 2 fully saturated rings. The molecule has 1 spiro atoms. The van der Waals surface area contributed by atoms with Crippen molar-refractivity contribution in [3.05, 3.63) is 35.9 Å². The van der Waals surface area contributed by atoms with Crippen LogP contribution in [0.3, 0.4) is 0 Å². The predicted octanol–water partition coefficient (Wildman–Crippen LogP) is 1.15. The summed E-state index contributed by atoms with van der Waals surface area (Å²) >= 11 is 0. The van der Waals surface area contributed by atoms with Crippen LogP contribution >= 0.6 is 0 Å². The zero-order valence-electron chi connectivity index (χ0n) is 9.28. The van der Waals surface area contributed by atoms with Gasteiger partial charge in [0.25, 0.3) is 0 Å². The molecule has 0 aromatic heterocycles. The SMILES string of the molecule is O=C1C[C@@]2(CCN(Cc3ccccc3)C2)N1. The van der Waals surface area contributed by atoms with E-state index >= 15 is 0 Å². The fourth-order valence-electron chi connectivity index (χ4n) is 2.77. The topological polar surface area (TPSA) is 32.3 Å². The van der Waals surface area contributed by atoms with Crippen LogP contribution in [0.25, 0.3) is 0 Å². The van der Waals surface area contributed by atoms with Crippen LogP contribution in [0.1, 0.15) is 18.4 Å². The van der Waals surface area contributed by atoms with Gasteiger partial charge in [0.1, 0.15) is 0 Å². The van der Waals surface area contributed by atoms with Gasteiger partial charge in [-0.3, -0.25) is 9.69 Å². The van der Waals surface area contributed by atoms with Crippen molar-refractivity contribution in [3.8, 4) is 0 Å². The minimum absolute atomic E-state index is 0.117. The maximum atomic E-state index is 11.0. The van der Waals surface area contributed by atoms with Crippen LogP contribution in [0.4, 0.5) is 0 Å². The van der Waals surface area contributed by atoms with Crippen LogP contribution in [0.2, 0.25) is 0 Å². The van der Waals surface area contributed by atoms with Crippen molar-refractivity contribution in [2.45, 2.75) is 24.9 Å². The van der Waals surface area contributed by atoms with Crippen molar-refractivity contribution in [1.29, 1.82) is 0 Å². The Morgan fingerprint density at radius 3 is 2.75 bits per heavy atom. The predicted molar refractivity (Wildman–Crippen MR) is 61.8 cm³/mol. The summed E-state index contributed by atoms with van der Waals surface area (Å²) in [5, 5.41) is 3.05. The highest BCUT2D eigenvalue weighted by atomic mass is 16.2. The molecule has 0 saturated carbocycles. The van der Waals surface area contributed by atoms with Crippen LogP contribution in [0.5, 0.6) is 0 Å². The van der Waals surface area contributed by atoms with Gasteiger partial charge in [-0.25, -0.2) is 0 Å². The Hall–Kier alpha value is -1.35. The summed E-state index contributed by atoms with van der Waals surface area (Å²) in [7, 11) is 0. The summed E-state index contributed by atoms with van der Waals surface area (Å²) < 4.78 is 0. The zero-order valence-corrected chi connectivity index (χ0v) is 9.28. The molecule has 1 amide bonds. The Morgan fingerprint density at radius 1 is 1.31 bits per heavy atom. The van der Waals surface area contributed by atoms with E-state index in [0.717, 1.165) is 32.5 Å². The number of nitrogens with zero attached hydrogens (tertiary/aromatic N) is 1. The summed E-state index contributed by atoms with van der Waals surface area (Å²) in [5.41, 5.74) is 1.47. The normalized spacial score (nSPS) is 29.1. The van der Waals surface area contributed by atoms with Gasteiger partial charge < -0.3 is 5.32 Å². The van der Waals surface area contributed by atoms with E-state index in [4.69, 9.17) is 0 Å². The molecule has 3 heteroatoms. The van der Waals surface area contributed by atoms with Crippen LogP contribution in [-0.4, -0.2) is 29.4 Å². The van der Waals surface area contributed by atoms with Gasteiger partial charge in [-0.1, -0.05) is 30.3 Å². The second kappa shape index (κ2) is 3.59. The Balaban J connectivity index is 1.61. The Bertz CT molecular complexity index is 394. The van der Waals surface area contributed by atoms with Crippen LogP contribution < -0.4 is 5.32 Å². The molecule has 0 bridgehead atoms. The molecule has 2 saturated heterocycles. The first-order valence-corrected chi connectivity index (χ1v) is 5.83. The standard InChI is InChI=1S/C13H16N2O/c16-12-8-13(14-12)6-7-15(10-13)9-11-4-2-1-3-5-11/h1-5H,6-10H2,(H,14,16)/t13-/m1/s1. The first kappa shape index (κ1) is 9.85. The molecule has 1 aromatic rings. The molecule has 3 rings (SSSR count). The number of carbonyl (C=O) groups excluding carboxylic acids is 1. The summed E-state index contributed by atoms with van der Waals surface area (Å²) in [6.07, 6.45) is 1.82. The quantitative estimate of drug-likeness (QED) is 0.752. The minimum Gasteiger partial charge on any atom is -0.349 e. The number of hydrogen-bond donors (Lipinski definition) is 1. The Labute approximate surface area is 95.4 Å². The Morgan fingerprint density at radius 2 is 2.06 bits per heavy atom. The summed E-state index contributed by atoms with van der Waals surface area (Å²) in [4.78, 5) is 13.4. The number of β-lactam (4-membered cyclic amide) rings is 1. The number of benzene rings is 1. The largest absolute Gasteiger partial charge is 0.349 e. The number of amides is 1. The lowest BCUT2D eigenvalue weighted by Gasteiger charge is -2.38. The van der Waals surface area contributed by atoms with E-state index in [1.807, 2.05) is 6.07 Å². The number of nitrogens with one attached hydrogen (secondary N) is 1. The first-order chi connectivity index (χ1) is 7.76. The lowest BCUT2D eigenvalue weighted by Crippen LogP contribution is -2.62. The highest BCUT2D eigenvalue weighted by molar-refractivity contribution is 5.85.